The highest BCUT2D eigenvalue weighted by Gasteiger charge is 2.33. The standard InChI is InChI=1S/C12H9F3O3/c13-12(14,15)10-7-9(11(17)18)5-4-8(10)3-1-2-6-16/h1,3-7H,2H2,(H,17,18). The van der Waals surface area contributed by atoms with E-state index >= 15 is 0 Å². The lowest BCUT2D eigenvalue weighted by molar-refractivity contribution is -0.137. The SMILES string of the molecule is O=CCC=Cc1ccc(C(=O)O)cc1C(F)(F)F. The van der Waals surface area contributed by atoms with Gasteiger partial charge in [0.25, 0.3) is 0 Å². The van der Waals surface area contributed by atoms with Gasteiger partial charge in [-0.25, -0.2) is 4.79 Å². The first kappa shape index (κ1) is 14.0. The summed E-state index contributed by atoms with van der Waals surface area (Å²) in [5, 5.41) is 8.65. The summed E-state index contributed by atoms with van der Waals surface area (Å²) >= 11 is 0. The summed E-state index contributed by atoms with van der Waals surface area (Å²) in [6, 6.07) is 2.72. The number of rotatable bonds is 4. The lowest BCUT2D eigenvalue weighted by Crippen LogP contribution is -2.09. The zero-order valence-electron chi connectivity index (χ0n) is 9.07. The van der Waals surface area contributed by atoms with E-state index < -0.39 is 23.3 Å². The van der Waals surface area contributed by atoms with Crippen LogP contribution in [-0.4, -0.2) is 17.4 Å². The maximum Gasteiger partial charge on any atom is 0.417 e. The first-order chi connectivity index (χ1) is 8.36. The van der Waals surface area contributed by atoms with Gasteiger partial charge in [0.05, 0.1) is 11.1 Å². The van der Waals surface area contributed by atoms with E-state index in [0.717, 1.165) is 18.2 Å². The molecule has 0 heterocycles. The molecule has 0 fully saturated rings. The van der Waals surface area contributed by atoms with Gasteiger partial charge >= 0.3 is 12.1 Å². The first-order valence-corrected chi connectivity index (χ1v) is 4.91. The van der Waals surface area contributed by atoms with Gasteiger partial charge in [-0.2, -0.15) is 13.2 Å². The van der Waals surface area contributed by atoms with Crippen molar-refractivity contribution in [1.82, 2.24) is 0 Å². The van der Waals surface area contributed by atoms with Crippen LogP contribution in [0.2, 0.25) is 0 Å². The Kier molecular flexibility index (Phi) is 4.25. The number of carboxylic acid groups (broad SMARTS) is 1. The van der Waals surface area contributed by atoms with Crippen LogP contribution < -0.4 is 0 Å². The molecule has 0 aliphatic carbocycles. The summed E-state index contributed by atoms with van der Waals surface area (Å²) in [5.41, 5.74) is -1.64. The predicted octanol–water partition coefficient (Wildman–Crippen LogP) is 3.01. The summed E-state index contributed by atoms with van der Waals surface area (Å²) in [7, 11) is 0. The maximum absolute atomic E-state index is 12.7. The second-order valence-electron chi connectivity index (χ2n) is 3.41. The average Bonchev–Trinajstić information content (AvgIpc) is 2.28. The van der Waals surface area contributed by atoms with Crippen LogP contribution in [0.25, 0.3) is 6.08 Å². The molecule has 0 saturated heterocycles. The highest BCUT2D eigenvalue weighted by Crippen LogP contribution is 2.33. The van der Waals surface area contributed by atoms with Crippen LogP contribution in [0.4, 0.5) is 13.2 Å². The van der Waals surface area contributed by atoms with Crippen molar-refractivity contribution in [3.63, 3.8) is 0 Å². The number of alkyl halides is 3. The zero-order valence-corrected chi connectivity index (χ0v) is 9.07. The number of halogens is 3. The Balaban J connectivity index is 3.25. The molecular formula is C12H9F3O3. The number of carbonyl (C=O) groups is 2. The molecule has 96 valence electrons. The van der Waals surface area contributed by atoms with Crippen LogP contribution in [0.5, 0.6) is 0 Å². The third-order valence-electron chi connectivity index (χ3n) is 2.14. The molecule has 0 aliphatic heterocycles. The maximum atomic E-state index is 12.7. The van der Waals surface area contributed by atoms with Crippen LogP contribution >= 0.6 is 0 Å². The minimum atomic E-state index is -4.65. The molecule has 6 heteroatoms. The fraction of sp³-hybridized carbons (Fsp3) is 0.167. The van der Waals surface area contributed by atoms with Gasteiger partial charge in [0.2, 0.25) is 0 Å². The molecule has 1 N–H and O–H groups in total. The van der Waals surface area contributed by atoms with Gasteiger partial charge < -0.3 is 9.90 Å². The number of hydrogen-bond acceptors (Lipinski definition) is 2. The van der Waals surface area contributed by atoms with Crippen molar-refractivity contribution in [3.05, 3.63) is 41.0 Å². The van der Waals surface area contributed by atoms with Gasteiger partial charge in [-0.15, -0.1) is 0 Å². The number of hydrogen-bond donors (Lipinski definition) is 1. The Morgan fingerprint density at radius 2 is 2.00 bits per heavy atom. The molecule has 0 aromatic heterocycles. The minimum absolute atomic E-state index is 0.00200. The third kappa shape index (κ3) is 3.44. The summed E-state index contributed by atoms with van der Waals surface area (Å²) in [6.07, 6.45) is -1.68. The van der Waals surface area contributed by atoms with Crippen LogP contribution in [0.3, 0.4) is 0 Å². The monoisotopic (exact) mass is 258 g/mol. The minimum Gasteiger partial charge on any atom is -0.478 e. The van der Waals surface area contributed by atoms with E-state index in [0.29, 0.717) is 12.4 Å². The van der Waals surface area contributed by atoms with E-state index in [1.165, 1.54) is 6.08 Å². The normalized spacial score (nSPS) is 11.7. The molecule has 1 rings (SSSR count). The molecular weight excluding hydrogens is 249 g/mol. The number of aromatic carboxylic acids is 1. The fourth-order valence-corrected chi connectivity index (χ4v) is 1.33. The van der Waals surface area contributed by atoms with Crippen molar-refractivity contribution in [1.29, 1.82) is 0 Å². The quantitative estimate of drug-likeness (QED) is 0.844. The first-order valence-electron chi connectivity index (χ1n) is 4.91. The van der Waals surface area contributed by atoms with E-state index in [9.17, 15) is 22.8 Å². The Morgan fingerprint density at radius 3 is 2.50 bits per heavy atom. The van der Waals surface area contributed by atoms with Crippen LogP contribution in [0.15, 0.2) is 24.3 Å². The summed E-state index contributed by atoms with van der Waals surface area (Å²) in [4.78, 5) is 20.7. The van der Waals surface area contributed by atoms with Crippen LogP contribution in [0.1, 0.15) is 27.9 Å². The Labute approximate surface area is 101 Å². The number of carboxylic acids is 1. The number of allylic oxidation sites excluding steroid dienone is 1. The Bertz CT molecular complexity index is 490. The molecule has 3 nitrogen and oxygen atoms in total. The molecule has 0 atom stereocenters. The van der Waals surface area contributed by atoms with E-state index in [-0.39, 0.29) is 12.0 Å². The number of carbonyl (C=O) groups excluding carboxylic acids is 1. The summed E-state index contributed by atoms with van der Waals surface area (Å²) in [6.45, 7) is 0. The molecule has 18 heavy (non-hydrogen) atoms. The average molecular weight is 258 g/mol. The van der Waals surface area contributed by atoms with E-state index in [2.05, 4.69) is 0 Å². The second kappa shape index (κ2) is 5.48. The predicted molar refractivity (Wildman–Crippen MR) is 58.1 cm³/mol. The number of benzene rings is 1. The highest BCUT2D eigenvalue weighted by molar-refractivity contribution is 5.88. The molecule has 0 unspecified atom stereocenters. The van der Waals surface area contributed by atoms with Crippen molar-refractivity contribution in [2.75, 3.05) is 0 Å². The lowest BCUT2D eigenvalue weighted by atomic mass is 10.0. The van der Waals surface area contributed by atoms with Crippen molar-refractivity contribution < 1.29 is 27.9 Å². The van der Waals surface area contributed by atoms with Crippen molar-refractivity contribution in [3.8, 4) is 0 Å². The van der Waals surface area contributed by atoms with Gasteiger partial charge in [-0.1, -0.05) is 18.2 Å². The Morgan fingerprint density at radius 1 is 1.33 bits per heavy atom. The molecule has 0 aliphatic rings. The molecule has 1 aromatic rings. The topological polar surface area (TPSA) is 54.4 Å². The van der Waals surface area contributed by atoms with Gasteiger partial charge in [-0.05, 0) is 17.7 Å². The van der Waals surface area contributed by atoms with Gasteiger partial charge in [0.1, 0.15) is 6.29 Å². The zero-order chi connectivity index (χ0) is 13.8. The van der Waals surface area contributed by atoms with Gasteiger partial charge in [0.15, 0.2) is 0 Å². The molecule has 1 aromatic carbocycles. The molecule has 0 radical (unpaired) electrons. The molecule has 0 bridgehead atoms. The second-order valence-corrected chi connectivity index (χ2v) is 3.41. The molecule has 0 amide bonds. The number of aldehydes is 1. The highest BCUT2D eigenvalue weighted by atomic mass is 19.4. The van der Waals surface area contributed by atoms with E-state index in [1.807, 2.05) is 0 Å². The summed E-state index contributed by atoms with van der Waals surface area (Å²) < 4.78 is 38.1. The van der Waals surface area contributed by atoms with Gasteiger partial charge in [0, 0.05) is 6.42 Å². The van der Waals surface area contributed by atoms with E-state index in [1.54, 1.807) is 0 Å². The van der Waals surface area contributed by atoms with Crippen LogP contribution in [0, 0.1) is 0 Å². The van der Waals surface area contributed by atoms with Crippen LogP contribution in [-0.2, 0) is 11.0 Å². The lowest BCUT2D eigenvalue weighted by Gasteiger charge is -2.11. The van der Waals surface area contributed by atoms with Gasteiger partial charge in [-0.3, -0.25) is 0 Å². The smallest absolute Gasteiger partial charge is 0.417 e. The van der Waals surface area contributed by atoms with Crippen molar-refractivity contribution in [2.45, 2.75) is 12.6 Å². The fourth-order valence-electron chi connectivity index (χ4n) is 1.33. The van der Waals surface area contributed by atoms with E-state index in [4.69, 9.17) is 5.11 Å². The molecule has 0 saturated carbocycles. The van der Waals surface area contributed by atoms with Crippen molar-refractivity contribution in [2.24, 2.45) is 0 Å². The van der Waals surface area contributed by atoms with Crippen molar-refractivity contribution >= 4 is 18.3 Å². The Hall–Kier alpha value is -2.11. The summed E-state index contributed by atoms with van der Waals surface area (Å²) in [5.74, 6) is -1.43. The largest absolute Gasteiger partial charge is 0.478 e. The third-order valence-corrected chi connectivity index (χ3v) is 2.14. The molecule has 0 spiro atoms.